The van der Waals surface area contributed by atoms with Crippen molar-refractivity contribution in [3.63, 3.8) is 0 Å². The maximum Gasteiger partial charge on any atom is 0.239 e. The summed E-state index contributed by atoms with van der Waals surface area (Å²) in [6, 6.07) is 0. The molecular formula is C10H16ClN5O. The Balaban J connectivity index is 2.85. The quantitative estimate of drug-likeness (QED) is 0.758. The molecule has 0 aliphatic carbocycles. The largest absolute Gasteiger partial charge is 0.394 e. The second kappa shape index (κ2) is 6.24. The topological polar surface area (TPSA) is 84.1 Å². The lowest BCUT2D eigenvalue weighted by atomic mass is 10.4. The van der Waals surface area contributed by atoms with E-state index in [1.54, 1.807) is 4.90 Å². The molecule has 1 heterocycles. The van der Waals surface area contributed by atoms with Crippen LogP contribution in [0.25, 0.3) is 0 Å². The molecule has 1 amide bonds. The molecule has 1 aromatic heterocycles. The van der Waals surface area contributed by atoms with Crippen LogP contribution in [0.4, 0.5) is 11.5 Å². The molecule has 0 spiro atoms. The third-order valence-corrected chi connectivity index (χ3v) is 2.34. The summed E-state index contributed by atoms with van der Waals surface area (Å²) < 4.78 is 0. The van der Waals surface area contributed by atoms with Crippen LogP contribution in [0.1, 0.15) is 13.8 Å². The number of carbonyl (C=O) groups is 1. The summed E-state index contributed by atoms with van der Waals surface area (Å²) >= 11 is 5.71. The first-order valence-corrected chi connectivity index (χ1v) is 5.75. The first-order chi connectivity index (χ1) is 8.08. The Hall–Kier alpha value is -1.56. The number of nitrogens with one attached hydrogen (secondary N) is 1. The second-order valence-electron chi connectivity index (χ2n) is 3.39. The summed E-state index contributed by atoms with van der Waals surface area (Å²) in [5.74, 6) is 0.405. The minimum Gasteiger partial charge on any atom is -0.394 e. The van der Waals surface area contributed by atoms with Crippen LogP contribution in [0.5, 0.6) is 0 Å². The van der Waals surface area contributed by atoms with E-state index in [1.165, 1.54) is 6.20 Å². The van der Waals surface area contributed by atoms with Crippen molar-refractivity contribution >= 4 is 29.0 Å². The SMILES string of the molecule is CCNC(=O)CN(CC)c1nc(Cl)ncc1N. The molecule has 1 aromatic rings. The molecule has 6 nitrogen and oxygen atoms in total. The zero-order chi connectivity index (χ0) is 12.8. The summed E-state index contributed by atoms with van der Waals surface area (Å²) in [6.45, 7) is 5.17. The highest BCUT2D eigenvalue weighted by molar-refractivity contribution is 6.28. The van der Waals surface area contributed by atoms with E-state index < -0.39 is 0 Å². The highest BCUT2D eigenvalue weighted by Gasteiger charge is 2.14. The number of nitrogens with zero attached hydrogens (tertiary/aromatic N) is 3. The number of carbonyl (C=O) groups excluding carboxylic acids is 1. The van der Waals surface area contributed by atoms with E-state index in [2.05, 4.69) is 15.3 Å². The van der Waals surface area contributed by atoms with Crippen LogP contribution >= 0.6 is 11.6 Å². The summed E-state index contributed by atoms with van der Waals surface area (Å²) in [6.07, 6.45) is 1.44. The molecule has 0 aromatic carbocycles. The summed E-state index contributed by atoms with van der Waals surface area (Å²) in [7, 11) is 0. The number of hydrogen-bond acceptors (Lipinski definition) is 5. The van der Waals surface area contributed by atoms with Crippen LogP contribution < -0.4 is 16.0 Å². The molecule has 0 aliphatic rings. The lowest BCUT2D eigenvalue weighted by Crippen LogP contribution is -2.37. The molecular weight excluding hydrogens is 242 g/mol. The molecule has 0 radical (unpaired) electrons. The van der Waals surface area contributed by atoms with Crippen molar-refractivity contribution in [2.45, 2.75) is 13.8 Å². The zero-order valence-corrected chi connectivity index (χ0v) is 10.7. The number of amides is 1. The van der Waals surface area contributed by atoms with Gasteiger partial charge in [-0.1, -0.05) is 0 Å². The van der Waals surface area contributed by atoms with Gasteiger partial charge in [-0.2, -0.15) is 4.98 Å². The predicted molar refractivity (Wildman–Crippen MR) is 68.0 cm³/mol. The molecule has 1 rings (SSSR count). The van der Waals surface area contributed by atoms with Gasteiger partial charge in [-0.25, -0.2) is 4.98 Å². The van der Waals surface area contributed by atoms with Crippen LogP contribution in [0, 0.1) is 0 Å². The predicted octanol–water partition coefficient (Wildman–Crippen LogP) is 0.675. The highest BCUT2D eigenvalue weighted by Crippen LogP contribution is 2.20. The van der Waals surface area contributed by atoms with Gasteiger partial charge in [0.25, 0.3) is 0 Å². The molecule has 0 unspecified atom stereocenters. The van der Waals surface area contributed by atoms with Gasteiger partial charge >= 0.3 is 0 Å². The normalized spacial score (nSPS) is 10.1. The Kier molecular flexibility index (Phi) is 4.96. The van der Waals surface area contributed by atoms with E-state index in [9.17, 15) is 4.79 Å². The van der Waals surface area contributed by atoms with Crippen molar-refractivity contribution in [3.05, 3.63) is 11.5 Å². The third-order valence-electron chi connectivity index (χ3n) is 2.16. The molecule has 3 N–H and O–H groups in total. The van der Waals surface area contributed by atoms with E-state index in [0.717, 1.165) is 0 Å². The first-order valence-electron chi connectivity index (χ1n) is 5.38. The van der Waals surface area contributed by atoms with Gasteiger partial charge in [-0.15, -0.1) is 0 Å². The van der Waals surface area contributed by atoms with Crippen molar-refractivity contribution in [2.75, 3.05) is 30.3 Å². The van der Waals surface area contributed by atoms with E-state index in [0.29, 0.717) is 24.6 Å². The van der Waals surface area contributed by atoms with E-state index >= 15 is 0 Å². The Bertz CT molecular complexity index is 398. The Morgan fingerprint density at radius 3 is 2.88 bits per heavy atom. The number of likely N-dealkylation sites (N-methyl/N-ethyl adjacent to an activating group) is 2. The van der Waals surface area contributed by atoms with Gasteiger partial charge in [0.05, 0.1) is 18.4 Å². The van der Waals surface area contributed by atoms with Crippen molar-refractivity contribution in [1.82, 2.24) is 15.3 Å². The van der Waals surface area contributed by atoms with Crippen LogP contribution in [0.3, 0.4) is 0 Å². The van der Waals surface area contributed by atoms with Crippen LogP contribution in [0.2, 0.25) is 5.28 Å². The van der Waals surface area contributed by atoms with Gasteiger partial charge in [0.1, 0.15) is 0 Å². The fourth-order valence-corrected chi connectivity index (χ4v) is 1.51. The van der Waals surface area contributed by atoms with Crippen molar-refractivity contribution in [1.29, 1.82) is 0 Å². The van der Waals surface area contributed by atoms with Crippen molar-refractivity contribution in [3.8, 4) is 0 Å². The average molecular weight is 258 g/mol. The van der Waals surface area contributed by atoms with Gasteiger partial charge in [-0.05, 0) is 25.4 Å². The van der Waals surface area contributed by atoms with Crippen LogP contribution in [-0.2, 0) is 4.79 Å². The first kappa shape index (κ1) is 13.5. The molecule has 0 bridgehead atoms. The molecule has 0 fully saturated rings. The molecule has 17 heavy (non-hydrogen) atoms. The van der Waals surface area contributed by atoms with Crippen LogP contribution in [0.15, 0.2) is 6.20 Å². The third kappa shape index (κ3) is 3.74. The molecule has 0 aliphatic heterocycles. The molecule has 0 saturated heterocycles. The Labute approximate surface area is 105 Å². The Morgan fingerprint density at radius 2 is 2.29 bits per heavy atom. The van der Waals surface area contributed by atoms with Crippen molar-refractivity contribution < 1.29 is 4.79 Å². The number of aromatic nitrogens is 2. The number of nitrogen functional groups attached to an aromatic ring is 1. The fourth-order valence-electron chi connectivity index (χ4n) is 1.38. The molecule has 0 saturated carbocycles. The molecule has 94 valence electrons. The van der Waals surface area contributed by atoms with Gasteiger partial charge < -0.3 is 16.0 Å². The zero-order valence-electron chi connectivity index (χ0n) is 9.90. The summed E-state index contributed by atoms with van der Waals surface area (Å²) in [5.41, 5.74) is 6.16. The maximum absolute atomic E-state index is 11.5. The second-order valence-corrected chi connectivity index (χ2v) is 3.72. The van der Waals surface area contributed by atoms with E-state index in [-0.39, 0.29) is 17.7 Å². The standard InChI is InChI=1S/C10H16ClN5O/c1-3-13-8(17)6-16(4-2)9-7(12)5-14-10(11)15-9/h5H,3-4,6,12H2,1-2H3,(H,13,17). The highest BCUT2D eigenvalue weighted by atomic mass is 35.5. The van der Waals surface area contributed by atoms with Crippen molar-refractivity contribution in [2.24, 2.45) is 0 Å². The van der Waals surface area contributed by atoms with E-state index in [1.807, 2.05) is 13.8 Å². The van der Waals surface area contributed by atoms with Gasteiger partial charge in [0.15, 0.2) is 5.82 Å². The minimum atomic E-state index is -0.0801. The fraction of sp³-hybridized carbons (Fsp3) is 0.500. The monoisotopic (exact) mass is 257 g/mol. The minimum absolute atomic E-state index is 0.0801. The number of nitrogens with two attached hydrogens (primary N) is 1. The number of halogens is 1. The summed E-state index contributed by atoms with van der Waals surface area (Å²) in [5, 5.41) is 2.83. The number of anilines is 2. The van der Waals surface area contributed by atoms with Gasteiger partial charge in [0, 0.05) is 13.1 Å². The van der Waals surface area contributed by atoms with Gasteiger partial charge in [-0.3, -0.25) is 4.79 Å². The lowest BCUT2D eigenvalue weighted by Gasteiger charge is -2.22. The Morgan fingerprint density at radius 1 is 1.59 bits per heavy atom. The smallest absolute Gasteiger partial charge is 0.239 e. The van der Waals surface area contributed by atoms with Crippen LogP contribution in [-0.4, -0.2) is 35.5 Å². The number of rotatable bonds is 5. The van der Waals surface area contributed by atoms with E-state index in [4.69, 9.17) is 17.3 Å². The molecule has 0 atom stereocenters. The molecule has 7 heteroatoms. The summed E-state index contributed by atoms with van der Waals surface area (Å²) in [4.78, 5) is 21.1. The lowest BCUT2D eigenvalue weighted by molar-refractivity contribution is -0.119. The maximum atomic E-state index is 11.5. The average Bonchev–Trinajstić information content (AvgIpc) is 2.30. The number of hydrogen-bond donors (Lipinski definition) is 2. The van der Waals surface area contributed by atoms with Gasteiger partial charge in [0.2, 0.25) is 11.2 Å².